The van der Waals surface area contributed by atoms with E-state index in [1.807, 2.05) is 0 Å². The molecule has 1 amide bonds. The molecular weight excluding hydrogens is 429 g/mol. The van der Waals surface area contributed by atoms with E-state index in [9.17, 15) is 23.3 Å². The van der Waals surface area contributed by atoms with E-state index < -0.39 is 27.4 Å². The molecule has 0 saturated heterocycles. The van der Waals surface area contributed by atoms with Gasteiger partial charge in [-0.05, 0) is 43.2 Å². The van der Waals surface area contributed by atoms with Gasteiger partial charge in [-0.3, -0.25) is 14.9 Å². The van der Waals surface area contributed by atoms with Gasteiger partial charge in [0.25, 0.3) is 5.69 Å². The van der Waals surface area contributed by atoms with Crippen LogP contribution in [0.3, 0.4) is 0 Å². The molecule has 2 rings (SSSR count). The molecule has 8 nitrogen and oxygen atoms in total. The van der Waals surface area contributed by atoms with Crippen LogP contribution in [0.4, 0.5) is 11.4 Å². The molecule has 150 valence electrons. The molecule has 0 heterocycles. The van der Waals surface area contributed by atoms with Crippen molar-refractivity contribution in [1.82, 2.24) is 4.31 Å². The van der Waals surface area contributed by atoms with Crippen LogP contribution in [-0.2, 0) is 14.8 Å². The third-order valence-electron chi connectivity index (χ3n) is 4.07. The molecule has 1 N–H and O–H groups in total. The highest BCUT2D eigenvalue weighted by atomic mass is 35.5. The second kappa shape index (κ2) is 8.44. The second-order valence-electron chi connectivity index (χ2n) is 6.08. The lowest BCUT2D eigenvalue weighted by Crippen LogP contribution is -2.35. The molecule has 0 atom stereocenters. The maximum atomic E-state index is 12.9. The molecule has 0 spiro atoms. The summed E-state index contributed by atoms with van der Waals surface area (Å²) in [5, 5.41) is 14.1. The minimum absolute atomic E-state index is 0.218. The predicted molar refractivity (Wildman–Crippen MR) is 107 cm³/mol. The van der Waals surface area contributed by atoms with Crippen LogP contribution < -0.4 is 5.32 Å². The van der Waals surface area contributed by atoms with Crippen molar-refractivity contribution in [2.45, 2.75) is 18.7 Å². The Morgan fingerprint density at radius 3 is 2.39 bits per heavy atom. The number of aryl methyl sites for hydroxylation is 1. The number of rotatable bonds is 6. The number of carbonyl (C=O) groups excluding carboxylic acids is 1. The van der Waals surface area contributed by atoms with E-state index in [-0.39, 0.29) is 15.6 Å². The summed E-state index contributed by atoms with van der Waals surface area (Å²) in [7, 11) is -2.91. The first kappa shape index (κ1) is 22.1. The van der Waals surface area contributed by atoms with Gasteiger partial charge in [-0.2, -0.15) is 4.31 Å². The zero-order valence-electron chi connectivity index (χ0n) is 15.2. The van der Waals surface area contributed by atoms with Gasteiger partial charge in [0.15, 0.2) is 0 Å². The molecule has 0 aliphatic rings. The van der Waals surface area contributed by atoms with Crippen LogP contribution >= 0.6 is 23.2 Å². The number of hydrogen-bond acceptors (Lipinski definition) is 5. The van der Waals surface area contributed by atoms with Gasteiger partial charge in [0.05, 0.1) is 26.4 Å². The predicted octanol–water partition coefficient (Wildman–Crippen LogP) is 3.78. The van der Waals surface area contributed by atoms with Gasteiger partial charge >= 0.3 is 0 Å². The Kier molecular flexibility index (Phi) is 6.66. The van der Waals surface area contributed by atoms with Gasteiger partial charge in [0.2, 0.25) is 15.9 Å². The first-order chi connectivity index (χ1) is 12.9. The number of non-ortho nitro benzene ring substituents is 1. The fourth-order valence-corrected chi connectivity index (χ4v) is 4.15. The van der Waals surface area contributed by atoms with Gasteiger partial charge < -0.3 is 5.32 Å². The van der Waals surface area contributed by atoms with Crippen LogP contribution in [0.1, 0.15) is 11.1 Å². The van der Waals surface area contributed by atoms with Crippen molar-refractivity contribution >= 4 is 50.5 Å². The van der Waals surface area contributed by atoms with Crippen molar-refractivity contribution < 1.29 is 18.1 Å². The minimum atomic E-state index is -4.13. The quantitative estimate of drug-likeness (QED) is 0.537. The maximum absolute atomic E-state index is 12.9. The highest BCUT2D eigenvalue weighted by Crippen LogP contribution is 2.28. The van der Waals surface area contributed by atoms with Crippen molar-refractivity contribution in [3.05, 3.63) is 61.6 Å². The number of nitrogens with one attached hydrogen (secondary N) is 1. The van der Waals surface area contributed by atoms with Crippen LogP contribution in [0.2, 0.25) is 10.0 Å². The van der Waals surface area contributed by atoms with Crippen LogP contribution in [-0.4, -0.2) is 37.1 Å². The van der Waals surface area contributed by atoms with Gasteiger partial charge in [0.1, 0.15) is 0 Å². The monoisotopic (exact) mass is 445 g/mol. The third kappa shape index (κ3) is 4.79. The minimum Gasteiger partial charge on any atom is -0.325 e. The van der Waals surface area contributed by atoms with E-state index in [1.54, 1.807) is 13.8 Å². The van der Waals surface area contributed by atoms with Crippen molar-refractivity contribution in [3.8, 4) is 0 Å². The highest BCUT2D eigenvalue weighted by Gasteiger charge is 2.27. The topological polar surface area (TPSA) is 110 Å². The summed E-state index contributed by atoms with van der Waals surface area (Å²) in [6, 6.07) is 6.74. The van der Waals surface area contributed by atoms with Crippen molar-refractivity contribution in [1.29, 1.82) is 0 Å². The molecule has 0 saturated carbocycles. The Bertz CT molecular complexity index is 1060. The van der Waals surface area contributed by atoms with E-state index in [0.717, 1.165) is 10.4 Å². The lowest BCUT2D eigenvalue weighted by Gasteiger charge is -2.19. The van der Waals surface area contributed by atoms with E-state index in [2.05, 4.69) is 5.32 Å². The summed E-state index contributed by atoms with van der Waals surface area (Å²) in [5.74, 6) is -0.607. The van der Waals surface area contributed by atoms with Crippen molar-refractivity contribution in [2.24, 2.45) is 0 Å². The number of hydrogen-bond donors (Lipinski definition) is 1. The first-order valence-electron chi connectivity index (χ1n) is 7.90. The number of nitrogens with zero attached hydrogens (tertiary/aromatic N) is 2. The van der Waals surface area contributed by atoms with Crippen LogP contribution in [0.15, 0.2) is 35.2 Å². The summed E-state index contributed by atoms with van der Waals surface area (Å²) in [5.41, 5.74) is 0.853. The van der Waals surface area contributed by atoms with Gasteiger partial charge in [-0.1, -0.05) is 23.2 Å². The smallest absolute Gasteiger partial charge is 0.271 e. The van der Waals surface area contributed by atoms with E-state index in [1.165, 1.54) is 31.3 Å². The lowest BCUT2D eigenvalue weighted by molar-refractivity contribution is -0.385. The van der Waals surface area contributed by atoms with Crippen LogP contribution in [0.25, 0.3) is 0 Å². The Morgan fingerprint density at radius 1 is 1.18 bits per heavy atom. The number of amides is 1. The SMILES string of the molecule is Cc1cc([N+](=O)[O-])cc(S(=O)(=O)N(C)CC(=O)Nc2ccc(Cl)c(Cl)c2)c1C. The van der Waals surface area contributed by atoms with Gasteiger partial charge in [-0.25, -0.2) is 8.42 Å². The number of benzene rings is 2. The van der Waals surface area contributed by atoms with E-state index in [4.69, 9.17) is 23.2 Å². The Labute approximate surface area is 172 Å². The molecule has 2 aromatic rings. The molecule has 28 heavy (non-hydrogen) atoms. The Hall–Kier alpha value is -2.20. The van der Waals surface area contributed by atoms with E-state index in [0.29, 0.717) is 21.8 Å². The highest BCUT2D eigenvalue weighted by molar-refractivity contribution is 7.89. The lowest BCUT2D eigenvalue weighted by atomic mass is 10.1. The largest absolute Gasteiger partial charge is 0.325 e. The molecular formula is C17H17Cl2N3O5S. The Balaban J connectivity index is 2.25. The summed E-state index contributed by atoms with van der Waals surface area (Å²) in [6.45, 7) is 2.64. The molecule has 0 aliphatic heterocycles. The second-order valence-corrected chi connectivity index (χ2v) is 8.91. The molecule has 0 unspecified atom stereocenters. The molecule has 0 aromatic heterocycles. The fourth-order valence-electron chi connectivity index (χ4n) is 2.41. The molecule has 11 heteroatoms. The normalized spacial score (nSPS) is 11.5. The fraction of sp³-hybridized carbons (Fsp3) is 0.235. The Morgan fingerprint density at radius 2 is 1.82 bits per heavy atom. The number of sulfonamides is 1. The molecule has 0 radical (unpaired) electrons. The third-order valence-corrected chi connectivity index (χ3v) is 6.74. The van der Waals surface area contributed by atoms with Gasteiger partial charge in [0, 0.05) is 24.9 Å². The standard InChI is InChI=1S/C17H17Cl2N3O5S/c1-10-6-13(22(24)25)8-16(11(10)2)28(26,27)21(3)9-17(23)20-12-4-5-14(18)15(19)7-12/h4-8H,9H2,1-3H3,(H,20,23). The molecule has 2 aromatic carbocycles. The number of nitro benzene ring substituents is 1. The van der Waals surface area contributed by atoms with Crippen molar-refractivity contribution in [3.63, 3.8) is 0 Å². The summed E-state index contributed by atoms with van der Waals surface area (Å²) in [6.07, 6.45) is 0. The zero-order chi connectivity index (χ0) is 21.2. The zero-order valence-corrected chi connectivity index (χ0v) is 17.5. The number of carbonyl (C=O) groups is 1. The summed E-state index contributed by atoms with van der Waals surface area (Å²) < 4.78 is 26.5. The van der Waals surface area contributed by atoms with E-state index >= 15 is 0 Å². The average Bonchev–Trinajstić information content (AvgIpc) is 2.59. The summed E-state index contributed by atoms with van der Waals surface area (Å²) in [4.78, 5) is 22.4. The number of anilines is 1. The van der Waals surface area contributed by atoms with Crippen LogP contribution in [0, 0.1) is 24.0 Å². The number of likely N-dealkylation sites (N-methyl/N-ethyl adjacent to an activating group) is 1. The molecule has 0 aliphatic carbocycles. The summed E-state index contributed by atoms with van der Waals surface area (Å²) >= 11 is 11.7. The number of halogens is 2. The molecule has 0 bridgehead atoms. The van der Waals surface area contributed by atoms with Gasteiger partial charge in [-0.15, -0.1) is 0 Å². The number of nitro groups is 1. The van der Waals surface area contributed by atoms with Crippen LogP contribution in [0.5, 0.6) is 0 Å². The maximum Gasteiger partial charge on any atom is 0.271 e. The van der Waals surface area contributed by atoms with Crippen molar-refractivity contribution in [2.75, 3.05) is 18.9 Å². The first-order valence-corrected chi connectivity index (χ1v) is 10.1. The average molecular weight is 446 g/mol. The molecule has 0 fully saturated rings.